The highest BCUT2D eigenvalue weighted by molar-refractivity contribution is 9.10. The number of urea groups is 1. The summed E-state index contributed by atoms with van der Waals surface area (Å²) in [5.74, 6) is 0.656. The summed E-state index contributed by atoms with van der Waals surface area (Å²) >= 11 is 15.6. The molecule has 2 N–H and O–H groups in total. The van der Waals surface area contributed by atoms with Crippen molar-refractivity contribution in [3.05, 3.63) is 91.9 Å². The van der Waals surface area contributed by atoms with Gasteiger partial charge in [0.2, 0.25) is 0 Å². The summed E-state index contributed by atoms with van der Waals surface area (Å²) in [5, 5.41) is 7.85. The van der Waals surface area contributed by atoms with Crippen molar-refractivity contribution >= 4 is 57.1 Å². The van der Waals surface area contributed by atoms with Crippen molar-refractivity contribution < 1.29 is 9.53 Å². The lowest BCUT2D eigenvalue weighted by molar-refractivity contribution is 0.252. The Kier molecular flexibility index (Phi) is 7.74. The third-order valence-corrected chi connectivity index (χ3v) is 5.33. The van der Waals surface area contributed by atoms with Crippen LogP contribution in [-0.2, 0) is 6.61 Å². The van der Waals surface area contributed by atoms with Crippen LogP contribution in [0, 0.1) is 6.92 Å². The number of carbonyl (C=O) groups is 1. The number of carbonyl (C=O) groups excluding carboxylic acids is 1. The molecule has 154 valence electrons. The lowest BCUT2D eigenvalue weighted by Crippen LogP contribution is -2.24. The molecule has 5 nitrogen and oxygen atoms in total. The molecule has 0 saturated carbocycles. The minimum Gasteiger partial charge on any atom is -0.488 e. The minimum atomic E-state index is -0.417. The normalized spacial score (nSPS) is 10.8. The molecule has 8 heteroatoms. The van der Waals surface area contributed by atoms with Crippen LogP contribution in [0.15, 0.2) is 70.2 Å². The van der Waals surface area contributed by atoms with Crippen LogP contribution in [-0.4, -0.2) is 12.2 Å². The van der Waals surface area contributed by atoms with Crippen LogP contribution in [0.5, 0.6) is 5.75 Å². The number of benzene rings is 3. The Balaban J connectivity index is 1.55. The summed E-state index contributed by atoms with van der Waals surface area (Å²) < 4.78 is 6.57. The van der Waals surface area contributed by atoms with Crippen molar-refractivity contribution in [2.45, 2.75) is 13.5 Å². The molecule has 0 heterocycles. The third kappa shape index (κ3) is 6.23. The molecule has 0 spiro atoms. The van der Waals surface area contributed by atoms with E-state index in [1.807, 2.05) is 55.5 Å². The van der Waals surface area contributed by atoms with E-state index in [-0.39, 0.29) is 0 Å². The van der Waals surface area contributed by atoms with Gasteiger partial charge in [0.1, 0.15) is 12.4 Å². The average molecular weight is 507 g/mol. The van der Waals surface area contributed by atoms with E-state index < -0.39 is 6.03 Å². The second kappa shape index (κ2) is 10.5. The lowest BCUT2D eigenvalue weighted by Gasteiger charge is -2.10. The smallest absolute Gasteiger partial charge is 0.339 e. The number of ether oxygens (including phenoxy) is 1. The fourth-order valence-corrected chi connectivity index (χ4v) is 3.51. The van der Waals surface area contributed by atoms with Gasteiger partial charge in [-0.1, -0.05) is 47.5 Å². The molecule has 0 saturated heterocycles. The molecule has 3 aromatic rings. The topological polar surface area (TPSA) is 62.7 Å². The summed E-state index contributed by atoms with van der Waals surface area (Å²) in [6.07, 6.45) is 1.54. The molecule has 0 aromatic heterocycles. The summed E-state index contributed by atoms with van der Waals surface area (Å²) in [6, 6.07) is 17.8. The minimum absolute atomic E-state index is 0.308. The van der Waals surface area contributed by atoms with E-state index in [0.717, 1.165) is 26.9 Å². The van der Waals surface area contributed by atoms with Crippen LogP contribution in [0.2, 0.25) is 10.0 Å². The number of aryl methyl sites for hydroxylation is 1. The Morgan fingerprint density at radius 2 is 1.93 bits per heavy atom. The number of nitrogens with one attached hydrogen (secondary N) is 2. The van der Waals surface area contributed by atoms with Crippen LogP contribution in [0.25, 0.3) is 0 Å². The number of amides is 2. The van der Waals surface area contributed by atoms with Gasteiger partial charge in [0.05, 0.1) is 10.7 Å². The van der Waals surface area contributed by atoms with Gasteiger partial charge in [0.15, 0.2) is 0 Å². The van der Waals surface area contributed by atoms with Crippen molar-refractivity contribution in [2.24, 2.45) is 5.10 Å². The Morgan fingerprint density at radius 1 is 1.13 bits per heavy atom. The predicted molar refractivity (Wildman–Crippen MR) is 126 cm³/mol. The number of hydrazone groups is 1. The Hall–Kier alpha value is -2.54. The van der Waals surface area contributed by atoms with Crippen LogP contribution in [0.4, 0.5) is 10.5 Å². The van der Waals surface area contributed by atoms with E-state index in [4.69, 9.17) is 27.9 Å². The number of hydrogen-bond acceptors (Lipinski definition) is 3. The van der Waals surface area contributed by atoms with E-state index in [1.165, 1.54) is 0 Å². The van der Waals surface area contributed by atoms with E-state index >= 15 is 0 Å². The Morgan fingerprint density at radius 3 is 2.67 bits per heavy atom. The molecular weight excluding hydrogens is 489 g/mol. The molecule has 0 unspecified atom stereocenters. The highest BCUT2D eigenvalue weighted by Crippen LogP contribution is 2.28. The lowest BCUT2D eigenvalue weighted by atomic mass is 10.2. The molecule has 0 bridgehead atoms. The van der Waals surface area contributed by atoms with Gasteiger partial charge in [0, 0.05) is 21.3 Å². The fourth-order valence-electron chi connectivity index (χ4n) is 2.54. The molecule has 0 radical (unpaired) electrons. The molecular formula is C22H18BrCl2N3O2. The average Bonchev–Trinajstić information content (AvgIpc) is 2.70. The fraction of sp³-hybridized carbons (Fsp3) is 0.0909. The number of rotatable bonds is 6. The summed E-state index contributed by atoms with van der Waals surface area (Å²) in [5.41, 5.74) is 5.77. The number of nitrogens with zero attached hydrogens (tertiary/aromatic N) is 1. The summed E-state index contributed by atoms with van der Waals surface area (Å²) in [4.78, 5) is 12.0. The monoisotopic (exact) mass is 505 g/mol. The molecule has 0 fully saturated rings. The predicted octanol–water partition coefficient (Wildman–Crippen LogP) is 6.80. The van der Waals surface area contributed by atoms with Gasteiger partial charge in [0.25, 0.3) is 0 Å². The van der Waals surface area contributed by atoms with Crippen LogP contribution >= 0.6 is 39.1 Å². The number of anilines is 1. The largest absolute Gasteiger partial charge is 0.488 e. The maximum atomic E-state index is 12.0. The second-order valence-electron chi connectivity index (χ2n) is 6.35. The first-order chi connectivity index (χ1) is 14.4. The number of para-hydroxylation sites is 1. The summed E-state index contributed by atoms with van der Waals surface area (Å²) in [7, 11) is 0. The van der Waals surface area contributed by atoms with E-state index in [0.29, 0.717) is 22.4 Å². The number of halogens is 3. The molecule has 0 atom stereocenters. The molecule has 2 amide bonds. The van der Waals surface area contributed by atoms with E-state index in [9.17, 15) is 4.79 Å². The molecule has 3 aromatic carbocycles. The van der Waals surface area contributed by atoms with E-state index in [1.54, 1.807) is 18.3 Å². The maximum Gasteiger partial charge on any atom is 0.339 e. The Labute approximate surface area is 193 Å². The molecule has 0 aliphatic heterocycles. The third-order valence-electron chi connectivity index (χ3n) is 4.13. The van der Waals surface area contributed by atoms with E-state index in [2.05, 4.69) is 31.8 Å². The van der Waals surface area contributed by atoms with Gasteiger partial charge >= 0.3 is 6.03 Å². The highest BCUT2D eigenvalue weighted by Gasteiger charge is 2.06. The maximum absolute atomic E-state index is 12.0. The van der Waals surface area contributed by atoms with Crippen molar-refractivity contribution in [3.63, 3.8) is 0 Å². The van der Waals surface area contributed by atoms with Crippen LogP contribution in [0.1, 0.15) is 16.7 Å². The first-order valence-corrected chi connectivity index (χ1v) is 10.5. The van der Waals surface area contributed by atoms with Gasteiger partial charge in [-0.2, -0.15) is 5.10 Å². The number of hydrogen-bond donors (Lipinski definition) is 2. The van der Waals surface area contributed by atoms with Crippen molar-refractivity contribution in [3.8, 4) is 5.75 Å². The molecule has 0 aliphatic carbocycles. The zero-order valence-electron chi connectivity index (χ0n) is 16.0. The second-order valence-corrected chi connectivity index (χ2v) is 8.05. The summed E-state index contributed by atoms with van der Waals surface area (Å²) in [6.45, 7) is 2.23. The molecule has 0 aliphatic rings. The van der Waals surface area contributed by atoms with Gasteiger partial charge in [-0.15, -0.1) is 0 Å². The van der Waals surface area contributed by atoms with Gasteiger partial charge in [-0.3, -0.25) is 0 Å². The molecule has 30 heavy (non-hydrogen) atoms. The first kappa shape index (κ1) is 22.2. The zero-order chi connectivity index (χ0) is 21.5. The Bertz CT molecular complexity index is 1090. The van der Waals surface area contributed by atoms with Gasteiger partial charge in [-0.25, -0.2) is 10.2 Å². The quantitative estimate of drug-likeness (QED) is 0.285. The first-order valence-electron chi connectivity index (χ1n) is 8.94. The van der Waals surface area contributed by atoms with Crippen molar-refractivity contribution in [2.75, 3.05) is 5.32 Å². The SMILES string of the molecule is Cc1ccccc1NC(=O)NN=Cc1ccc(OCc2ccc(Cl)cc2Cl)c(Br)c1. The van der Waals surface area contributed by atoms with Crippen LogP contribution in [0.3, 0.4) is 0 Å². The van der Waals surface area contributed by atoms with Gasteiger partial charge < -0.3 is 10.1 Å². The van der Waals surface area contributed by atoms with Crippen molar-refractivity contribution in [1.29, 1.82) is 0 Å². The standard InChI is InChI=1S/C22H18BrCl2N3O2/c1-14-4-2-3-5-20(14)27-22(29)28-26-12-15-6-9-21(18(23)10-15)30-13-16-7-8-17(24)11-19(16)25/h2-12H,13H2,1H3,(H2,27,28,29). The molecule has 3 rings (SSSR count). The highest BCUT2D eigenvalue weighted by atomic mass is 79.9. The van der Waals surface area contributed by atoms with Crippen molar-refractivity contribution in [1.82, 2.24) is 5.43 Å². The zero-order valence-corrected chi connectivity index (χ0v) is 19.1. The van der Waals surface area contributed by atoms with Crippen LogP contribution < -0.4 is 15.5 Å². The van der Waals surface area contributed by atoms with Gasteiger partial charge in [-0.05, 0) is 70.4 Å².